The van der Waals surface area contributed by atoms with E-state index in [1.165, 1.54) is 7.11 Å². The molecule has 2 rings (SSSR count). The van der Waals surface area contributed by atoms with Crippen LogP contribution in [0.4, 0.5) is 0 Å². The average Bonchev–Trinajstić information content (AvgIpc) is 2.81. The quantitative estimate of drug-likeness (QED) is 0.690. The van der Waals surface area contributed by atoms with Gasteiger partial charge in [-0.3, -0.25) is 9.59 Å². The van der Waals surface area contributed by atoms with Crippen molar-refractivity contribution < 1.29 is 28.5 Å². The zero-order chi connectivity index (χ0) is 14.2. The van der Waals surface area contributed by atoms with Gasteiger partial charge in [0.25, 0.3) is 0 Å². The van der Waals surface area contributed by atoms with Crippen molar-refractivity contribution in [3.63, 3.8) is 0 Å². The van der Waals surface area contributed by atoms with Gasteiger partial charge < -0.3 is 18.9 Å². The van der Waals surface area contributed by atoms with Crippen molar-refractivity contribution in [2.24, 2.45) is 0 Å². The summed E-state index contributed by atoms with van der Waals surface area (Å²) in [5, 5.41) is 0. The minimum atomic E-state index is -0.799. The highest BCUT2D eigenvalue weighted by atomic mass is 16.8. The van der Waals surface area contributed by atoms with Crippen molar-refractivity contribution in [1.82, 2.24) is 0 Å². The summed E-state index contributed by atoms with van der Waals surface area (Å²) in [6.07, 6.45) is -2.19. The van der Waals surface area contributed by atoms with E-state index in [9.17, 15) is 9.59 Å². The van der Waals surface area contributed by atoms with Crippen LogP contribution in [-0.2, 0) is 28.5 Å². The topological polar surface area (TPSA) is 71.1 Å². The van der Waals surface area contributed by atoms with E-state index < -0.39 is 30.4 Å². The standard InChI is InChI=1S/C13H20O6/c1-5-7(14)6-8(15)9-10-11(12(16-4)17-9)19-13(2,3)18-10/h9-12H,5-6H2,1-4H3/t9-,10-,11-,12-/m1/s1. The van der Waals surface area contributed by atoms with Crippen LogP contribution in [0.25, 0.3) is 0 Å². The molecule has 6 nitrogen and oxygen atoms in total. The molecule has 6 heteroatoms. The van der Waals surface area contributed by atoms with Gasteiger partial charge in [-0.1, -0.05) is 6.92 Å². The molecule has 108 valence electrons. The molecule has 0 unspecified atom stereocenters. The Hall–Kier alpha value is -0.820. The van der Waals surface area contributed by atoms with E-state index in [2.05, 4.69) is 0 Å². The van der Waals surface area contributed by atoms with Crippen LogP contribution in [0.5, 0.6) is 0 Å². The number of ether oxygens (including phenoxy) is 4. The first kappa shape index (κ1) is 14.6. The van der Waals surface area contributed by atoms with Crippen molar-refractivity contribution in [2.75, 3.05) is 7.11 Å². The lowest BCUT2D eigenvalue weighted by molar-refractivity contribution is -0.225. The molecule has 0 radical (unpaired) electrons. The summed E-state index contributed by atoms with van der Waals surface area (Å²) in [5.74, 6) is -1.16. The van der Waals surface area contributed by atoms with Gasteiger partial charge in [0.1, 0.15) is 24.1 Å². The van der Waals surface area contributed by atoms with Crippen molar-refractivity contribution in [1.29, 1.82) is 0 Å². The molecule has 0 amide bonds. The molecule has 2 fully saturated rings. The number of carbonyl (C=O) groups excluding carboxylic acids is 2. The Morgan fingerprint density at radius 2 is 1.84 bits per heavy atom. The third-order valence-electron chi connectivity index (χ3n) is 3.33. The van der Waals surface area contributed by atoms with E-state index in [0.29, 0.717) is 6.42 Å². The molecule has 2 saturated heterocycles. The molecule has 0 bridgehead atoms. The Labute approximate surface area is 112 Å². The molecular weight excluding hydrogens is 252 g/mol. The first-order valence-electron chi connectivity index (χ1n) is 6.46. The Bertz CT molecular complexity index is 377. The number of hydrogen-bond acceptors (Lipinski definition) is 6. The summed E-state index contributed by atoms with van der Waals surface area (Å²) < 4.78 is 22.0. The molecule has 0 N–H and O–H groups in total. The van der Waals surface area contributed by atoms with Crippen LogP contribution in [0.3, 0.4) is 0 Å². The lowest BCUT2D eigenvalue weighted by Crippen LogP contribution is -2.36. The van der Waals surface area contributed by atoms with Gasteiger partial charge >= 0.3 is 0 Å². The van der Waals surface area contributed by atoms with Gasteiger partial charge in [0, 0.05) is 13.5 Å². The van der Waals surface area contributed by atoms with Gasteiger partial charge in [0.05, 0.1) is 6.42 Å². The van der Waals surface area contributed by atoms with Gasteiger partial charge in [0.15, 0.2) is 17.9 Å². The van der Waals surface area contributed by atoms with Crippen LogP contribution in [-0.4, -0.2) is 49.1 Å². The number of carbonyl (C=O) groups is 2. The molecular formula is C13H20O6. The van der Waals surface area contributed by atoms with Gasteiger partial charge in [-0.25, -0.2) is 0 Å². The molecule has 0 aromatic rings. The lowest BCUT2D eigenvalue weighted by Gasteiger charge is -2.23. The Morgan fingerprint density at radius 3 is 2.42 bits per heavy atom. The summed E-state index contributed by atoms with van der Waals surface area (Å²) in [4.78, 5) is 23.5. The fraction of sp³-hybridized carbons (Fsp3) is 0.846. The molecule has 0 saturated carbocycles. The largest absolute Gasteiger partial charge is 0.353 e. The second-order valence-corrected chi connectivity index (χ2v) is 5.26. The van der Waals surface area contributed by atoms with Gasteiger partial charge in [0.2, 0.25) is 0 Å². The number of fused-ring (bicyclic) bond motifs is 1. The van der Waals surface area contributed by atoms with Crippen LogP contribution in [0.15, 0.2) is 0 Å². The summed E-state index contributed by atoms with van der Waals surface area (Å²) in [5.41, 5.74) is 0. The molecule has 19 heavy (non-hydrogen) atoms. The van der Waals surface area contributed by atoms with Crippen LogP contribution < -0.4 is 0 Å². The molecule has 0 aromatic heterocycles. The zero-order valence-electron chi connectivity index (χ0n) is 11.7. The Kier molecular flexibility index (Phi) is 4.06. The van der Waals surface area contributed by atoms with Crippen molar-refractivity contribution in [2.45, 2.75) is 64.0 Å². The average molecular weight is 272 g/mol. The van der Waals surface area contributed by atoms with E-state index >= 15 is 0 Å². The molecule has 2 aliphatic heterocycles. The number of methoxy groups -OCH3 is 1. The minimum Gasteiger partial charge on any atom is -0.353 e. The second-order valence-electron chi connectivity index (χ2n) is 5.26. The van der Waals surface area contributed by atoms with Gasteiger partial charge in [-0.15, -0.1) is 0 Å². The van der Waals surface area contributed by atoms with Crippen LogP contribution >= 0.6 is 0 Å². The first-order valence-corrected chi connectivity index (χ1v) is 6.46. The number of rotatable bonds is 5. The molecule has 0 spiro atoms. The summed E-state index contributed by atoms with van der Waals surface area (Å²) in [7, 11) is 1.49. The van der Waals surface area contributed by atoms with E-state index in [-0.39, 0.29) is 18.0 Å². The predicted octanol–water partition coefficient (Wildman–Crippen LogP) is 0.816. The van der Waals surface area contributed by atoms with Crippen molar-refractivity contribution in [3.05, 3.63) is 0 Å². The maximum atomic E-state index is 12.1. The third-order valence-corrected chi connectivity index (χ3v) is 3.33. The molecule has 0 aromatic carbocycles. The van der Waals surface area contributed by atoms with Gasteiger partial charge in [-0.2, -0.15) is 0 Å². The highest BCUT2D eigenvalue weighted by molar-refractivity contribution is 6.01. The Balaban J connectivity index is 2.10. The van der Waals surface area contributed by atoms with Crippen LogP contribution in [0.1, 0.15) is 33.6 Å². The fourth-order valence-electron chi connectivity index (χ4n) is 2.43. The molecule has 0 aliphatic carbocycles. The Morgan fingerprint density at radius 1 is 1.21 bits per heavy atom. The van der Waals surface area contributed by atoms with Crippen LogP contribution in [0.2, 0.25) is 0 Å². The summed E-state index contributed by atoms with van der Waals surface area (Å²) in [6.45, 7) is 5.28. The zero-order valence-corrected chi connectivity index (χ0v) is 11.7. The lowest BCUT2D eigenvalue weighted by atomic mass is 10.0. The second kappa shape index (κ2) is 5.28. The van der Waals surface area contributed by atoms with Gasteiger partial charge in [-0.05, 0) is 13.8 Å². The maximum absolute atomic E-state index is 12.1. The smallest absolute Gasteiger partial charge is 0.187 e. The minimum absolute atomic E-state index is 0.107. The number of hydrogen-bond donors (Lipinski definition) is 0. The predicted molar refractivity (Wildman–Crippen MR) is 64.4 cm³/mol. The van der Waals surface area contributed by atoms with E-state index in [1.54, 1.807) is 20.8 Å². The normalized spacial score (nSPS) is 36.2. The fourth-order valence-corrected chi connectivity index (χ4v) is 2.43. The van der Waals surface area contributed by atoms with Crippen molar-refractivity contribution in [3.8, 4) is 0 Å². The number of Topliss-reactive ketones (excluding diaryl/α,β-unsaturated/α-hetero) is 2. The van der Waals surface area contributed by atoms with E-state index in [4.69, 9.17) is 18.9 Å². The molecule has 2 aliphatic rings. The van der Waals surface area contributed by atoms with Crippen molar-refractivity contribution >= 4 is 11.6 Å². The third kappa shape index (κ3) is 2.86. The molecule has 4 atom stereocenters. The summed E-state index contributed by atoms with van der Waals surface area (Å²) >= 11 is 0. The van der Waals surface area contributed by atoms with Crippen LogP contribution in [0, 0.1) is 0 Å². The first-order chi connectivity index (χ1) is 8.88. The maximum Gasteiger partial charge on any atom is 0.187 e. The highest BCUT2D eigenvalue weighted by Crippen LogP contribution is 2.39. The molecule has 2 heterocycles. The SMILES string of the molecule is CCC(=O)CC(=O)[C@H]1O[C@@H](OC)[C@@H]2OC(C)(C)O[C@@H]21. The number of ketones is 2. The highest BCUT2D eigenvalue weighted by Gasteiger charge is 2.57. The van der Waals surface area contributed by atoms with E-state index in [1.807, 2.05) is 0 Å². The monoisotopic (exact) mass is 272 g/mol. The summed E-state index contributed by atoms with van der Waals surface area (Å²) in [6, 6.07) is 0. The van der Waals surface area contributed by atoms with E-state index in [0.717, 1.165) is 0 Å².